The molecule has 1 fully saturated rings. The highest BCUT2D eigenvalue weighted by Gasteiger charge is 2.28. The summed E-state index contributed by atoms with van der Waals surface area (Å²) in [5, 5.41) is 3.56. The van der Waals surface area contributed by atoms with Crippen molar-refractivity contribution >= 4 is 0 Å². The van der Waals surface area contributed by atoms with Crippen molar-refractivity contribution in [3.63, 3.8) is 0 Å². The van der Waals surface area contributed by atoms with Crippen molar-refractivity contribution < 1.29 is 9.47 Å². The van der Waals surface area contributed by atoms with Crippen LogP contribution in [-0.4, -0.2) is 20.3 Å². The SMILES string of the molecule is COc1cccc(CNC[C@H]2CCO[C@@H]2c2ccccc2)c1. The molecule has 2 atom stereocenters. The van der Waals surface area contributed by atoms with Crippen LogP contribution in [0.2, 0.25) is 0 Å². The van der Waals surface area contributed by atoms with Crippen LogP contribution in [-0.2, 0) is 11.3 Å². The number of nitrogens with one attached hydrogen (secondary N) is 1. The molecule has 0 unspecified atom stereocenters. The molecule has 0 radical (unpaired) electrons. The summed E-state index contributed by atoms with van der Waals surface area (Å²) >= 11 is 0. The molecule has 0 aliphatic carbocycles. The second kappa shape index (κ2) is 7.43. The Morgan fingerprint density at radius 1 is 1.14 bits per heavy atom. The normalized spacial score (nSPS) is 21.0. The van der Waals surface area contributed by atoms with E-state index in [1.54, 1.807) is 7.11 Å². The molecule has 22 heavy (non-hydrogen) atoms. The fourth-order valence-electron chi connectivity index (χ4n) is 3.04. The Morgan fingerprint density at radius 2 is 2.00 bits per heavy atom. The largest absolute Gasteiger partial charge is 0.497 e. The van der Waals surface area contributed by atoms with Crippen molar-refractivity contribution in [3.8, 4) is 5.75 Å². The molecule has 116 valence electrons. The number of rotatable bonds is 6. The average molecular weight is 297 g/mol. The van der Waals surface area contributed by atoms with Gasteiger partial charge >= 0.3 is 0 Å². The zero-order valence-corrected chi connectivity index (χ0v) is 13.0. The van der Waals surface area contributed by atoms with Gasteiger partial charge in [-0.3, -0.25) is 0 Å². The van der Waals surface area contributed by atoms with Gasteiger partial charge in [-0.1, -0.05) is 42.5 Å². The van der Waals surface area contributed by atoms with Gasteiger partial charge < -0.3 is 14.8 Å². The van der Waals surface area contributed by atoms with E-state index in [1.165, 1.54) is 11.1 Å². The van der Waals surface area contributed by atoms with Gasteiger partial charge in [0, 0.05) is 25.6 Å². The van der Waals surface area contributed by atoms with Crippen LogP contribution in [0.1, 0.15) is 23.7 Å². The quantitative estimate of drug-likeness (QED) is 0.884. The number of benzene rings is 2. The summed E-state index contributed by atoms with van der Waals surface area (Å²) in [6.45, 7) is 2.68. The monoisotopic (exact) mass is 297 g/mol. The van der Waals surface area contributed by atoms with Crippen molar-refractivity contribution in [1.29, 1.82) is 0 Å². The van der Waals surface area contributed by atoms with E-state index in [4.69, 9.17) is 9.47 Å². The molecule has 2 aromatic rings. The van der Waals surface area contributed by atoms with E-state index in [-0.39, 0.29) is 6.10 Å². The van der Waals surface area contributed by atoms with Gasteiger partial charge in [0.15, 0.2) is 0 Å². The highest BCUT2D eigenvalue weighted by molar-refractivity contribution is 5.28. The maximum atomic E-state index is 5.93. The Labute approximate surface area is 132 Å². The number of hydrogen-bond donors (Lipinski definition) is 1. The fourth-order valence-corrected chi connectivity index (χ4v) is 3.04. The molecule has 1 N–H and O–H groups in total. The van der Waals surface area contributed by atoms with Crippen molar-refractivity contribution in [1.82, 2.24) is 5.32 Å². The van der Waals surface area contributed by atoms with Gasteiger partial charge in [0.05, 0.1) is 13.2 Å². The predicted molar refractivity (Wildman–Crippen MR) is 87.9 cm³/mol. The Bertz CT molecular complexity index is 585. The van der Waals surface area contributed by atoms with E-state index >= 15 is 0 Å². The third-order valence-corrected chi connectivity index (χ3v) is 4.21. The molecular weight excluding hydrogens is 274 g/mol. The van der Waals surface area contributed by atoms with E-state index in [1.807, 2.05) is 12.1 Å². The Balaban J connectivity index is 1.54. The summed E-state index contributed by atoms with van der Waals surface area (Å²) in [4.78, 5) is 0. The smallest absolute Gasteiger partial charge is 0.119 e. The molecule has 3 nitrogen and oxygen atoms in total. The standard InChI is InChI=1S/C19H23NO2/c1-21-18-9-5-6-15(12-18)13-20-14-17-10-11-22-19(17)16-7-3-2-4-8-16/h2-9,12,17,19-20H,10-11,13-14H2,1H3/t17-,19-/m1/s1. The van der Waals surface area contributed by atoms with E-state index in [0.29, 0.717) is 5.92 Å². The summed E-state index contributed by atoms with van der Waals surface area (Å²) in [6, 6.07) is 18.7. The molecule has 0 aromatic heterocycles. The Hall–Kier alpha value is -1.84. The first-order valence-corrected chi connectivity index (χ1v) is 7.87. The second-order valence-corrected chi connectivity index (χ2v) is 5.73. The number of methoxy groups -OCH3 is 1. The Kier molecular flexibility index (Phi) is 5.09. The van der Waals surface area contributed by atoms with Crippen LogP contribution >= 0.6 is 0 Å². The maximum Gasteiger partial charge on any atom is 0.119 e. The molecule has 3 heteroatoms. The van der Waals surface area contributed by atoms with Crippen LogP contribution in [0, 0.1) is 5.92 Å². The first-order chi connectivity index (χ1) is 10.9. The lowest BCUT2D eigenvalue weighted by molar-refractivity contribution is 0.0904. The predicted octanol–water partition coefficient (Wildman–Crippen LogP) is 3.56. The zero-order valence-electron chi connectivity index (χ0n) is 13.0. The minimum Gasteiger partial charge on any atom is -0.497 e. The maximum absolute atomic E-state index is 5.93. The highest BCUT2D eigenvalue weighted by atomic mass is 16.5. The van der Waals surface area contributed by atoms with E-state index in [2.05, 4.69) is 47.8 Å². The van der Waals surface area contributed by atoms with Crippen LogP contribution in [0.4, 0.5) is 0 Å². The van der Waals surface area contributed by atoms with Crippen LogP contribution in [0.5, 0.6) is 5.75 Å². The molecule has 1 aliphatic heterocycles. The molecule has 0 saturated carbocycles. The molecule has 1 aliphatic rings. The summed E-state index contributed by atoms with van der Waals surface area (Å²) in [5.41, 5.74) is 2.53. The van der Waals surface area contributed by atoms with Crippen LogP contribution in [0.25, 0.3) is 0 Å². The number of ether oxygens (including phenoxy) is 2. The van der Waals surface area contributed by atoms with E-state index in [9.17, 15) is 0 Å². The second-order valence-electron chi connectivity index (χ2n) is 5.73. The minimum atomic E-state index is 0.221. The van der Waals surface area contributed by atoms with Crippen LogP contribution in [0.3, 0.4) is 0 Å². The third kappa shape index (κ3) is 3.67. The van der Waals surface area contributed by atoms with Gasteiger partial charge in [-0.25, -0.2) is 0 Å². The molecule has 0 amide bonds. The van der Waals surface area contributed by atoms with Gasteiger partial charge in [-0.05, 0) is 29.7 Å². The molecular formula is C19H23NO2. The van der Waals surface area contributed by atoms with E-state index in [0.717, 1.165) is 31.9 Å². The van der Waals surface area contributed by atoms with Gasteiger partial charge in [0.25, 0.3) is 0 Å². The van der Waals surface area contributed by atoms with E-state index < -0.39 is 0 Å². The molecule has 1 heterocycles. The minimum absolute atomic E-state index is 0.221. The summed E-state index contributed by atoms with van der Waals surface area (Å²) in [7, 11) is 1.70. The molecule has 0 spiro atoms. The summed E-state index contributed by atoms with van der Waals surface area (Å²) in [5.74, 6) is 1.44. The van der Waals surface area contributed by atoms with Crippen LogP contribution in [0.15, 0.2) is 54.6 Å². The van der Waals surface area contributed by atoms with Crippen molar-refractivity contribution in [3.05, 3.63) is 65.7 Å². The fraction of sp³-hybridized carbons (Fsp3) is 0.368. The van der Waals surface area contributed by atoms with Gasteiger partial charge in [0.1, 0.15) is 5.75 Å². The molecule has 3 rings (SSSR count). The van der Waals surface area contributed by atoms with Gasteiger partial charge in [0.2, 0.25) is 0 Å². The lowest BCUT2D eigenvalue weighted by Crippen LogP contribution is -2.24. The van der Waals surface area contributed by atoms with Gasteiger partial charge in [-0.15, -0.1) is 0 Å². The van der Waals surface area contributed by atoms with Crippen molar-refractivity contribution in [2.75, 3.05) is 20.3 Å². The Morgan fingerprint density at radius 3 is 2.82 bits per heavy atom. The third-order valence-electron chi connectivity index (χ3n) is 4.21. The summed E-state index contributed by atoms with van der Waals surface area (Å²) < 4.78 is 11.2. The van der Waals surface area contributed by atoms with Gasteiger partial charge in [-0.2, -0.15) is 0 Å². The molecule has 1 saturated heterocycles. The highest BCUT2D eigenvalue weighted by Crippen LogP contribution is 2.33. The zero-order chi connectivity index (χ0) is 15.2. The first kappa shape index (κ1) is 15.1. The lowest BCUT2D eigenvalue weighted by atomic mass is 9.95. The molecule has 2 aromatic carbocycles. The topological polar surface area (TPSA) is 30.5 Å². The molecule has 0 bridgehead atoms. The van der Waals surface area contributed by atoms with Crippen molar-refractivity contribution in [2.45, 2.75) is 19.1 Å². The average Bonchev–Trinajstić information content (AvgIpc) is 3.04. The van der Waals surface area contributed by atoms with Crippen molar-refractivity contribution in [2.24, 2.45) is 5.92 Å². The first-order valence-electron chi connectivity index (χ1n) is 7.87. The number of hydrogen-bond acceptors (Lipinski definition) is 3. The van der Waals surface area contributed by atoms with Crippen LogP contribution < -0.4 is 10.1 Å². The lowest BCUT2D eigenvalue weighted by Gasteiger charge is -2.19. The summed E-state index contributed by atoms with van der Waals surface area (Å²) in [6.07, 6.45) is 1.34.